The van der Waals surface area contributed by atoms with Crippen molar-refractivity contribution in [3.05, 3.63) is 76.0 Å². The first-order valence-electron chi connectivity index (χ1n) is 10.7. The van der Waals surface area contributed by atoms with Crippen LogP contribution in [0.3, 0.4) is 0 Å². The molecule has 0 radical (unpaired) electrons. The second-order valence-electron chi connectivity index (χ2n) is 7.68. The van der Waals surface area contributed by atoms with E-state index in [1.54, 1.807) is 12.1 Å². The normalized spacial score (nSPS) is 13.8. The van der Waals surface area contributed by atoms with Gasteiger partial charge in [-0.2, -0.15) is 0 Å². The lowest BCUT2D eigenvalue weighted by atomic mass is 10.1. The van der Waals surface area contributed by atoms with Gasteiger partial charge in [0.15, 0.2) is 5.11 Å². The summed E-state index contributed by atoms with van der Waals surface area (Å²) in [7, 11) is 0. The van der Waals surface area contributed by atoms with Crippen molar-refractivity contribution >= 4 is 63.9 Å². The summed E-state index contributed by atoms with van der Waals surface area (Å²) >= 11 is 18.0. The lowest BCUT2D eigenvalue weighted by molar-refractivity contribution is -0.115. The van der Waals surface area contributed by atoms with Gasteiger partial charge in [0.05, 0.1) is 29.6 Å². The molecule has 0 aliphatic carbocycles. The zero-order chi connectivity index (χ0) is 24.1. The second-order valence-corrected chi connectivity index (χ2v) is 8.90. The average molecular weight is 516 g/mol. The van der Waals surface area contributed by atoms with E-state index in [0.717, 1.165) is 35.6 Å². The molecule has 4 rings (SSSR count). The number of halogens is 2. The summed E-state index contributed by atoms with van der Waals surface area (Å²) in [6.45, 7) is 4.64. The number of nitrogens with one attached hydrogen (secondary N) is 2. The van der Waals surface area contributed by atoms with Crippen LogP contribution in [0.15, 0.2) is 59.0 Å². The van der Waals surface area contributed by atoms with Crippen molar-refractivity contribution in [2.24, 2.45) is 0 Å². The van der Waals surface area contributed by atoms with Gasteiger partial charge in [0.2, 0.25) is 5.91 Å². The molecular weight excluding hydrogens is 493 g/mol. The number of para-hydroxylation sites is 1. The number of hydrogen-bond donors (Lipinski definition) is 2. The van der Waals surface area contributed by atoms with Gasteiger partial charge in [-0.15, -0.1) is 0 Å². The average Bonchev–Trinajstić information content (AvgIpc) is 3.29. The fourth-order valence-corrected chi connectivity index (χ4v) is 4.22. The standard InChI is InChI=1S/C25H23Cl2N3O3S/c1-16-5-6-17(15-20(16)27)22-9-7-18(33-22)8-10-23(31)29-25(34)28-21-4-2-3-19(26)24(21)30-11-13-32-14-12-30/h2-10,15H,11-14H2,1H3,(H2,28,29,31,34)/b10-8+. The Bertz CT molecular complexity index is 1240. The predicted molar refractivity (Wildman–Crippen MR) is 142 cm³/mol. The molecule has 176 valence electrons. The van der Waals surface area contributed by atoms with Gasteiger partial charge >= 0.3 is 0 Å². The molecule has 0 atom stereocenters. The van der Waals surface area contributed by atoms with E-state index < -0.39 is 0 Å². The molecule has 1 saturated heterocycles. The lowest BCUT2D eigenvalue weighted by Crippen LogP contribution is -2.38. The van der Waals surface area contributed by atoms with E-state index >= 15 is 0 Å². The Morgan fingerprint density at radius 2 is 1.88 bits per heavy atom. The van der Waals surface area contributed by atoms with Crippen LogP contribution in [0, 0.1) is 6.92 Å². The van der Waals surface area contributed by atoms with Crippen LogP contribution >= 0.6 is 35.4 Å². The monoisotopic (exact) mass is 515 g/mol. The molecule has 0 saturated carbocycles. The number of thiocarbonyl (C=S) groups is 1. The minimum Gasteiger partial charge on any atom is -0.457 e. The van der Waals surface area contributed by atoms with Gasteiger partial charge in [0.1, 0.15) is 11.5 Å². The number of anilines is 2. The van der Waals surface area contributed by atoms with Crippen molar-refractivity contribution in [1.82, 2.24) is 5.32 Å². The van der Waals surface area contributed by atoms with Crippen LogP contribution in [-0.2, 0) is 9.53 Å². The Morgan fingerprint density at radius 3 is 2.65 bits per heavy atom. The Labute approximate surface area is 213 Å². The highest BCUT2D eigenvalue weighted by molar-refractivity contribution is 7.80. The summed E-state index contributed by atoms with van der Waals surface area (Å²) in [5.74, 6) is 0.810. The molecule has 0 spiro atoms. The highest BCUT2D eigenvalue weighted by atomic mass is 35.5. The highest BCUT2D eigenvalue weighted by Gasteiger charge is 2.18. The maximum Gasteiger partial charge on any atom is 0.250 e. The quantitative estimate of drug-likeness (QED) is 0.324. The van der Waals surface area contributed by atoms with Gasteiger partial charge in [0.25, 0.3) is 0 Å². The summed E-state index contributed by atoms with van der Waals surface area (Å²) in [4.78, 5) is 14.5. The molecule has 9 heteroatoms. The van der Waals surface area contributed by atoms with Gasteiger partial charge < -0.3 is 19.4 Å². The van der Waals surface area contributed by atoms with E-state index in [-0.39, 0.29) is 11.0 Å². The van der Waals surface area contributed by atoms with Crippen LogP contribution in [-0.4, -0.2) is 37.3 Å². The van der Waals surface area contributed by atoms with E-state index in [1.807, 2.05) is 49.4 Å². The number of carbonyl (C=O) groups is 1. The number of amides is 1. The number of aryl methyl sites for hydroxylation is 1. The number of carbonyl (C=O) groups excluding carboxylic acids is 1. The first-order valence-corrected chi connectivity index (χ1v) is 11.8. The molecule has 2 heterocycles. The summed E-state index contributed by atoms with van der Waals surface area (Å²) in [5, 5.41) is 7.16. The predicted octanol–water partition coefficient (Wildman–Crippen LogP) is 5.92. The maximum atomic E-state index is 12.4. The van der Waals surface area contributed by atoms with Crippen molar-refractivity contribution < 1.29 is 13.9 Å². The molecule has 0 unspecified atom stereocenters. The van der Waals surface area contributed by atoms with Gasteiger partial charge in [-0.1, -0.05) is 41.4 Å². The molecular formula is C25H23Cl2N3O3S. The SMILES string of the molecule is Cc1ccc(-c2ccc(/C=C/C(=O)NC(=S)Nc3cccc(Cl)c3N3CCOCC3)o2)cc1Cl. The number of nitrogens with zero attached hydrogens (tertiary/aromatic N) is 1. The number of hydrogen-bond acceptors (Lipinski definition) is 5. The van der Waals surface area contributed by atoms with Crippen molar-refractivity contribution in [3.8, 4) is 11.3 Å². The molecule has 1 aliphatic rings. The molecule has 2 N–H and O–H groups in total. The number of ether oxygens (including phenoxy) is 1. The summed E-state index contributed by atoms with van der Waals surface area (Å²) in [6, 6.07) is 14.8. The number of benzene rings is 2. The molecule has 1 amide bonds. The minimum absolute atomic E-state index is 0.167. The third-order valence-electron chi connectivity index (χ3n) is 5.28. The van der Waals surface area contributed by atoms with Crippen LogP contribution in [0.2, 0.25) is 10.0 Å². The Hall–Kier alpha value is -2.84. The minimum atomic E-state index is -0.385. The molecule has 1 aliphatic heterocycles. The second kappa shape index (κ2) is 11.1. The third-order valence-corrected chi connectivity index (χ3v) is 6.20. The molecule has 6 nitrogen and oxygen atoms in total. The van der Waals surface area contributed by atoms with Gasteiger partial charge in [0, 0.05) is 29.8 Å². The Kier molecular flexibility index (Phi) is 7.90. The van der Waals surface area contributed by atoms with E-state index in [9.17, 15) is 4.79 Å². The summed E-state index contributed by atoms with van der Waals surface area (Å²) < 4.78 is 11.2. The van der Waals surface area contributed by atoms with Crippen molar-refractivity contribution in [1.29, 1.82) is 0 Å². The van der Waals surface area contributed by atoms with Gasteiger partial charge in [-0.25, -0.2) is 0 Å². The van der Waals surface area contributed by atoms with Crippen LogP contribution in [0.25, 0.3) is 17.4 Å². The fraction of sp³-hybridized carbons (Fsp3) is 0.200. The van der Waals surface area contributed by atoms with E-state index in [1.165, 1.54) is 6.08 Å². The topological polar surface area (TPSA) is 66.7 Å². The zero-order valence-electron chi connectivity index (χ0n) is 18.4. The highest BCUT2D eigenvalue weighted by Crippen LogP contribution is 2.34. The molecule has 2 aromatic carbocycles. The lowest BCUT2D eigenvalue weighted by Gasteiger charge is -2.31. The van der Waals surface area contributed by atoms with Crippen LogP contribution < -0.4 is 15.5 Å². The first kappa shape index (κ1) is 24.3. The van der Waals surface area contributed by atoms with Crippen LogP contribution in [0.1, 0.15) is 11.3 Å². The van der Waals surface area contributed by atoms with Crippen LogP contribution in [0.5, 0.6) is 0 Å². The van der Waals surface area contributed by atoms with Crippen molar-refractivity contribution in [2.45, 2.75) is 6.92 Å². The number of furan rings is 1. The summed E-state index contributed by atoms with van der Waals surface area (Å²) in [6.07, 6.45) is 2.94. The van der Waals surface area contributed by atoms with E-state index in [4.69, 9.17) is 44.6 Å². The number of rotatable bonds is 5. The fourth-order valence-electron chi connectivity index (χ4n) is 3.53. The molecule has 3 aromatic rings. The van der Waals surface area contributed by atoms with Crippen LogP contribution in [0.4, 0.5) is 11.4 Å². The third kappa shape index (κ3) is 5.98. The summed E-state index contributed by atoms with van der Waals surface area (Å²) in [5.41, 5.74) is 3.41. The molecule has 34 heavy (non-hydrogen) atoms. The Morgan fingerprint density at radius 1 is 1.09 bits per heavy atom. The van der Waals surface area contributed by atoms with Gasteiger partial charge in [-0.3, -0.25) is 10.1 Å². The largest absolute Gasteiger partial charge is 0.457 e. The van der Waals surface area contributed by atoms with Crippen molar-refractivity contribution in [2.75, 3.05) is 36.5 Å². The Balaban J connectivity index is 1.38. The van der Waals surface area contributed by atoms with E-state index in [2.05, 4.69) is 15.5 Å². The first-order chi connectivity index (χ1) is 16.4. The molecule has 1 fully saturated rings. The van der Waals surface area contributed by atoms with Gasteiger partial charge in [-0.05, 0) is 61.1 Å². The maximum absolute atomic E-state index is 12.4. The van der Waals surface area contributed by atoms with Crippen molar-refractivity contribution in [3.63, 3.8) is 0 Å². The molecule has 0 bridgehead atoms. The van der Waals surface area contributed by atoms with E-state index in [0.29, 0.717) is 34.8 Å². The smallest absolute Gasteiger partial charge is 0.250 e. The number of morpholine rings is 1. The molecule has 1 aromatic heterocycles. The zero-order valence-corrected chi connectivity index (χ0v) is 20.8.